The van der Waals surface area contributed by atoms with Crippen molar-refractivity contribution in [3.63, 3.8) is 0 Å². The van der Waals surface area contributed by atoms with Crippen LogP contribution >= 0.6 is 0 Å². The average Bonchev–Trinajstić information content (AvgIpc) is 3.04. The lowest BCUT2D eigenvalue weighted by Crippen LogP contribution is -2.10. The van der Waals surface area contributed by atoms with E-state index in [-0.39, 0.29) is 0 Å². The molecule has 0 unspecified atom stereocenters. The predicted molar refractivity (Wildman–Crippen MR) is 195 cm³/mol. The highest BCUT2D eigenvalue weighted by molar-refractivity contribution is 5.80. The number of aryl methyl sites for hydroxylation is 5. The molecule has 0 saturated heterocycles. The highest BCUT2D eigenvalue weighted by Crippen LogP contribution is 2.37. The largest absolute Gasteiger partial charge is 0.311 e. The predicted octanol–water partition coefficient (Wildman–Crippen LogP) is 12.3. The Morgan fingerprint density at radius 2 is 0.556 bits per heavy atom. The van der Waals surface area contributed by atoms with E-state index in [9.17, 15) is 0 Å². The van der Waals surface area contributed by atoms with Crippen LogP contribution in [0.5, 0.6) is 0 Å². The van der Waals surface area contributed by atoms with Crippen LogP contribution in [0.15, 0.2) is 140 Å². The fourth-order valence-corrected chi connectivity index (χ4v) is 5.72. The molecule has 222 valence electrons. The van der Waals surface area contributed by atoms with Gasteiger partial charge in [-0.15, -0.1) is 0 Å². The van der Waals surface area contributed by atoms with Crippen LogP contribution < -0.4 is 9.80 Å². The first-order valence-electron chi connectivity index (χ1n) is 15.6. The van der Waals surface area contributed by atoms with Crippen LogP contribution in [0.1, 0.15) is 38.9 Å². The summed E-state index contributed by atoms with van der Waals surface area (Å²) in [5, 5.41) is 0. The number of benzene rings is 6. The van der Waals surface area contributed by atoms with Crippen LogP contribution in [0.25, 0.3) is 12.2 Å². The SMILES string of the molecule is Cc1ccc(N(c2ccc(C)cc2)c2ccc(/C=C/c3ccc(N(c4ccc(C)cc4)c4cc(C)cc(C)c4)cc3)cc2)cc1. The van der Waals surface area contributed by atoms with Gasteiger partial charge in [-0.25, -0.2) is 0 Å². The molecule has 0 amide bonds. The summed E-state index contributed by atoms with van der Waals surface area (Å²) >= 11 is 0. The number of rotatable bonds is 8. The standard InChI is InChI=1S/C43H40N2/c1-31-6-18-38(19-7-31)44(39-20-8-32(2)9-21-39)41-24-14-36(15-25-41)12-13-37-16-26-42(27-17-37)45(40-22-10-33(3)11-23-40)43-29-34(4)28-35(5)30-43/h6-30H,1-5H3/b13-12+. The molecule has 2 heteroatoms. The van der Waals surface area contributed by atoms with E-state index >= 15 is 0 Å². The minimum Gasteiger partial charge on any atom is -0.311 e. The monoisotopic (exact) mass is 584 g/mol. The third kappa shape index (κ3) is 7.08. The maximum atomic E-state index is 2.33. The quantitative estimate of drug-likeness (QED) is 0.164. The third-order valence-corrected chi connectivity index (χ3v) is 8.11. The van der Waals surface area contributed by atoms with Gasteiger partial charge in [0, 0.05) is 34.1 Å². The van der Waals surface area contributed by atoms with Gasteiger partial charge in [-0.2, -0.15) is 0 Å². The molecule has 0 saturated carbocycles. The first kappa shape index (κ1) is 29.7. The Morgan fingerprint density at radius 3 is 0.867 bits per heavy atom. The summed E-state index contributed by atoms with van der Waals surface area (Å²) in [5.41, 5.74) is 15.5. The maximum Gasteiger partial charge on any atom is 0.0466 e. The van der Waals surface area contributed by atoms with E-state index in [1.807, 2.05) is 0 Å². The van der Waals surface area contributed by atoms with Crippen molar-refractivity contribution in [3.8, 4) is 0 Å². The smallest absolute Gasteiger partial charge is 0.0466 e. The van der Waals surface area contributed by atoms with E-state index < -0.39 is 0 Å². The summed E-state index contributed by atoms with van der Waals surface area (Å²) in [6.07, 6.45) is 4.37. The molecule has 0 bridgehead atoms. The van der Waals surface area contributed by atoms with Gasteiger partial charge in [0.2, 0.25) is 0 Å². The van der Waals surface area contributed by atoms with Gasteiger partial charge in [0.15, 0.2) is 0 Å². The molecule has 0 radical (unpaired) electrons. The van der Waals surface area contributed by atoms with Crippen molar-refractivity contribution in [1.29, 1.82) is 0 Å². The van der Waals surface area contributed by atoms with Crippen molar-refractivity contribution < 1.29 is 0 Å². The second kappa shape index (κ2) is 13.1. The fourth-order valence-electron chi connectivity index (χ4n) is 5.72. The summed E-state index contributed by atoms with van der Waals surface area (Å²) in [5.74, 6) is 0. The molecule has 0 aliphatic heterocycles. The van der Waals surface area contributed by atoms with Crippen LogP contribution in [0.2, 0.25) is 0 Å². The van der Waals surface area contributed by atoms with E-state index in [0.29, 0.717) is 0 Å². The first-order chi connectivity index (χ1) is 21.8. The zero-order valence-corrected chi connectivity index (χ0v) is 26.8. The fraction of sp³-hybridized carbons (Fsp3) is 0.116. The third-order valence-electron chi connectivity index (χ3n) is 8.11. The number of anilines is 6. The molecular formula is C43H40N2. The van der Waals surface area contributed by atoms with Crippen molar-refractivity contribution in [2.24, 2.45) is 0 Å². The van der Waals surface area contributed by atoms with Gasteiger partial charge in [0.25, 0.3) is 0 Å². The van der Waals surface area contributed by atoms with Gasteiger partial charge in [-0.1, -0.05) is 95.6 Å². The Kier molecular flexibility index (Phi) is 8.66. The average molecular weight is 585 g/mol. The minimum absolute atomic E-state index is 1.13. The zero-order chi connectivity index (χ0) is 31.3. The van der Waals surface area contributed by atoms with Crippen molar-refractivity contribution in [2.75, 3.05) is 9.80 Å². The van der Waals surface area contributed by atoms with Crippen molar-refractivity contribution in [3.05, 3.63) is 178 Å². The Hall–Kier alpha value is -5.34. The molecule has 0 N–H and O–H groups in total. The molecule has 0 spiro atoms. The van der Waals surface area contributed by atoms with Gasteiger partial charge >= 0.3 is 0 Å². The lowest BCUT2D eigenvalue weighted by molar-refractivity contribution is 1.25. The molecule has 0 atom stereocenters. The Labute approximate surface area is 268 Å². The molecular weight excluding hydrogens is 544 g/mol. The molecule has 0 aliphatic rings. The van der Waals surface area contributed by atoms with Crippen LogP contribution in [0.4, 0.5) is 34.1 Å². The summed E-state index contributed by atoms with van der Waals surface area (Å²) in [6, 6.07) is 50.5. The molecule has 0 aliphatic carbocycles. The number of hydrogen-bond donors (Lipinski definition) is 0. The van der Waals surface area contributed by atoms with Gasteiger partial charge in [-0.3, -0.25) is 0 Å². The second-order valence-electron chi connectivity index (χ2n) is 12.0. The number of hydrogen-bond acceptors (Lipinski definition) is 2. The summed E-state index contributed by atoms with van der Waals surface area (Å²) in [4.78, 5) is 4.64. The highest BCUT2D eigenvalue weighted by Gasteiger charge is 2.14. The molecule has 6 aromatic rings. The molecule has 0 aromatic heterocycles. The van der Waals surface area contributed by atoms with Crippen molar-refractivity contribution in [2.45, 2.75) is 34.6 Å². The van der Waals surface area contributed by atoms with E-state index in [4.69, 9.17) is 0 Å². The summed E-state index contributed by atoms with van der Waals surface area (Å²) in [6.45, 7) is 10.7. The lowest BCUT2D eigenvalue weighted by Gasteiger charge is -2.26. The van der Waals surface area contributed by atoms with E-state index in [1.54, 1.807) is 0 Å². The molecule has 45 heavy (non-hydrogen) atoms. The first-order valence-corrected chi connectivity index (χ1v) is 15.6. The van der Waals surface area contributed by atoms with Gasteiger partial charge in [-0.05, 0) is 130 Å². The Balaban J connectivity index is 1.25. The molecule has 6 rings (SSSR count). The molecule has 0 fully saturated rings. The highest BCUT2D eigenvalue weighted by atomic mass is 15.1. The summed E-state index contributed by atoms with van der Waals surface area (Å²) in [7, 11) is 0. The Morgan fingerprint density at radius 1 is 0.289 bits per heavy atom. The zero-order valence-electron chi connectivity index (χ0n) is 26.8. The van der Waals surface area contributed by atoms with Crippen LogP contribution in [0, 0.1) is 34.6 Å². The second-order valence-corrected chi connectivity index (χ2v) is 12.0. The Bertz CT molecular complexity index is 1830. The van der Waals surface area contributed by atoms with Gasteiger partial charge in [0.1, 0.15) is 0 Å². The van der Waals surface area contributed by atoms with Crippen LogP contribution in [0.3, 0.4) is 0 Å². The molecule has 0 heterocycles. The van der Waals surface area contributed by atoms with E-state index in [2.05, 4.69) is 196 Å². The van der Waals surface area contributed by atoms with E-state index in [1.165, 1.54) is 33.5 Å². The number of nitrogens with zero attached hydrogens (tertiary/aromatic N) is 2. The van der Waals surface area contributed by atoms with Gasteiger partial charge < -0.3 is 9.80 Å². The summed E-state index contributed by atoms with van der Waals surface area (Å²) < 4.78 is 0. The topological polar surface area (TPSA) is 6.48 Å². The molecule has 6 aromatic carbocycles. The van der Waals surface area contributed by atoms with E-state index in [0.717, 1.165) is 39.6 Å². The lowest BCUT2D eigenvalue weighted by atomic mass is 10.1. The van der Waals surface area contributed by atoms with Gasteiger partial charge in [0.05, 0.1) is 0 Å². The molecule has 2 nitrogen and oxygen atoms in total. The normalized spacial score (nSPS) is 11.1. The van der Waals surface area contributed by atoms with Crippen LogP contribution in [-0.4, -0.2) is 0 Å². The van der Waals surface area contributed by atoms with Crippen molar-refractivity contribution >= 4 is 46.3 Å². The van der Waals surface area contributed by atoms with Crippen molar-refractivity contribution in [1.82, 2.24) is 0 Å². The maximum absolute atomic E-state index is 2.33. The van der Waals surface area contributed by atoms with Crippen LogP contribution in [-0.2, 0) is 0 Å². The minimum atomic E-state index is 1.13.